The Morgan fingerprint density at radius 3 is 2.75 bits per heavy atom. The minimum Gasteiger partial charge on any atom is -0.329 e. The number of nitrogens with two attached hydrogens (primary N) is 1. The quantitative estimate of drug-likeness (QED) is 0.910. The van der Waals surface area contributed by atoms with Crippen LogP contribution in [0.2, 0.25) is 0 Å². The Kier molecular flexibility index (Phi) is 4.52. The number of nitrogens with zero attached hydrogens (tertiary/aromatic N) is 1. The molecule has 1 heterocycles. The van der Waals surface area contributed by atoms with Crippen molar-refractivity contribution in [3.63, 3.8) is 0 Å². The van der Waals surface area contributed by atoms with Crippen LogP contribution >= 0.6 is 0 Å². The van der Waals surface area contributed by atoms with Crippen molar-refractivity contribution >= 4 is 9.84 Å². The van der Waals surface area contributed by atoms with Crippen LogP contribution in [0, 0.1) is 6.92 Å². The second kappa shape index (κ2) is 5.84. The molecule has 5 heteroatoms. The predicted octanol–water partition coefficient (Wildman–Crippen LogP) is 1.33. The van der Waals surface area contributed by atoms with E-state index in [1.807, 2.05) is 13.1 Å². The van der Waals surface area contributed by atoms with Crippen molar-refractivity contribution in [2.75, 3.05) is 25.1 Å². The molecule has 2 N–H and O–H groups in total. The highest BCUT2D eigenvalue weighted by Crippen LogP contribution is 2.28. The van der Waals surface area contributed by atoms with E-state index in [0.29, 0.717) is 18.7 Å². The Hall–Kier alpha value is -0.910. The van der Waals surface area contributed by atoms with Crippen LogP contribution in [0.5, 0.6) is 0 Å². The molecular formula is C15H24N2O2S. The Balaban J connectivity index is 2.18. The van der Waals surface area contributed by atoms with E-state index < -0.39 is 15.4 Å². The van der Waals surface area contributed by atoms with E-state index in [0.717, 1.165) is 13.0 Å². The number of sulfone groups is 1. The van der Waals surface area contributed by atoms with Crippen LogP contribution in [0.1, 0.15) is 24.0 Å². The third-order valence-electron chi connectivity index (χ3n) is 4.28. The summed E-state index contributed by atoms with van der Waals surface area (Å²) in [5, 5.41) is 0. The van der Waals surface area contributed by atoms with Gasteiger partial charge >= 0.3 is 0 Å². The summed E-state index contributed by atoms with van der Waals surface area (Å²) < 4.78 is 23.9. The summed E-state index contributed by atoms with van der Waals surface area (Å²) in [6.07, 6.45) is 1.56. The molecule has 1 fully saturated rings. The van der Waals surface area contributed by atoms with E-state index in [4.69, 9.17) is 5.73 Å². The summed E-state index contributed by atoms with van der Waals surface area (Å²) in [7, 11) is -0.987. The molecule has 0 aromatic heterocycles. The Bertz CT molecular complexity index is 571. The van der Waals surface area contributed by atoms with E-state index in [9.17, 15) is 8.42 Å². The summed E-state index contributed by atoms with van der Waals surface area (Å²) in [4.78, 5) is 2.12. The Morgan fingerprint density at radius 2 is 2.15 bits per heavy atom. The average Bonchev–Trinajstić information content (AvgIpc) is 2.37. The first-order valence-electron chi connectivity index (χ1n) is 7.04. The van der Waals surface area contributed by atoms with Gasteiger partial charge < -0.3 is 5.73 Å². The van der Waals surface area contributed by atoms with Crippen molar-refractivity contribution in [2.45, 2.75) is 31.8 Å². The summed E-state index contributed by atoms with van der Waals surface area (Å²) in [6, 6.07) is 8.31. The van der Waals surface area contributed by atoms with Crippen LogP contribution in [0.15, 0.2) is 24.3 Å². The fourth-order valence-corrected chi connectivity index (χ4v) is 5.07. The van der Waals surface area contributed by atoms with E-state index in [1.54, 1.807) is 0 Å². The lowest BCUT2D eigenvalue weighted by atomic mass is 9.93. The van der Waals surface area contributed by atoms with Gasteiger partial charge in [-0.1, -0.05) is 29.8 Å². The van der Waals surface area contributed by atoms with Gasteiger partial charge in [0.2, 0.25) is 0 Å². The topological polar surface area (TPSA) is 63.4 Å². The van der Waals surface area contributed by atoms with Crippen LogP contribution in [0.3, 0.4) is 0 Å². The van der Waals surface area contributed by atoms with Gasteiger partial charge in [0.15, 0.2) is 9.84 Å². The van der Waals surface area contributed by atoms with Crippen molar-refractivity contribution < 1.29 is 8.42 Å². The highest BCUT2D eigenvalue weighted by Gasteiger charge is 2.40. The molecule has 1 aliphatic heterocycles. The van der Waals surface area contributed by atoms with Crippen LogP contribution in [0.25, 0.3) is 0 Å². The number of hydrogen-bond donors (Lipinski definition) is 1. The van der Waals surface area contributed by atoms with Crippen LogP contribution in [0.4, 0.5) is 0 Å². The molecule has 4 nitrogen and oxygen atoms in total. The maximum atomic E-state index is 12.0. The zero-order chi connectivity index (χ0) is 14.8. The first-order chi connectivity index (χ1) is 9.37. The van der Waals surface area contributed by atoms with Crippen LogP contribution in [-0.4, -0.2) is 44.0 Å². The molecule has 1 aromatic carbocycles. The standard InChI is InChI=1S/C15H24N2O2S/c1-13-5-3-6-14(9-13)10-17(2)15(11-16)7-4-8-20(18,19)12-15/h3,5-6,9H,4,7-8,10-12,16H2,1-2H3. The average molecular weight is 296 g/mol. The zero-order valence-corrected chi connectivity index (χ0v) is 13.1. The molecule has 1 saturated heterocycles. The molecule has 0 radical (unpaired) electrons. The molecule has 0 saturated carbocycles. The van der Waals surface area contributed by atoms with E-state index in [1.165, 1.54) is 11.1 Å². The van der Waals surface area contributed by atoms with Crippen molar-refractivity contribution in [1.82, 2.24) is 4.90 Å². The van der Waals surface area contributed by atoms with E-state index >= 15 is 0 Å². The molecule has 1 aromatic rings. The normalized spacial score (nSPS) is 25.8. The minimum absolute atomic E-state index is 0.179. The van der Waals surface area contributed by atoms with Gasteiger partial charge in [-0.25, -0.2) is 8.42 Å². The van der Waals surface area contributed by atoms with Crippen LogP contribution in [-0.2, 0) is 16.4 Å². The minimum atomic E-state index is -2.97. The lowest BCUT2D eigenvalue weighted by molar-refractivity contribution is 0.124. The van der Waals surface area contributed by atoms with Crippen molar-refractivity contribution in [1.29, 1.82) is 0 Å². The third kappa shape index (κ3) is 3.40. The molecule has 112 valence electrons. The first-order valence-corrected chi connectivity index (χ1v) is 8.86. The maximum Gasteiger partial charge on any atom is 0.152 e. The Morgan fingerprint density at radius 1 is 1.40 bits per heavy atom. The molecule has 0 spiro atoms. The van der Waals surface area contributed by atoms with Gasteiger partial charge in [0.05, 0.1) is 11.5 Å². The zero-order valence-electron chi connectivity index (χ0n) is 12.3. The number of aryl methyl sites for hydroxylation is 1. The fraction of sp³-hybridized carbons (Fsp3) is 0.600. The monoisotopic (exact) mass is 296 g/mol. The highest BCUT2D eigenvalue weighted by atomic mass is 32.2. The number of rotatable bonds is 4. The predicted molar refractivity (Wildman–Crippen MR) is 82.3 cm³/mol. The molecule has 20 heavy (non-hydrogen) atoms. The second-order valence-electron chi connectivity index (χ2n) is 5.97. The molecular weight excluding hydrogens is 272 g/mol. The van der Waals surface area contributed by atoms with Crippen molar-refractivity contribution in [3.05, 3.63) is 35.4 Å². The summed E-state index contributed by atoms with van der Waals surface area (Å²) >= 11 is 0. The Labute approximate surface area is 121 Å². The maximum absolute atomic E-state index is 12.0. The van der Waals surface area contributed by atoms with Gasteiger partial charge in [-0.15, -0.1) is 0 Å². The van der Waals surface area contributed by atoms with E-state index in [-0.39, 0.29) is 5.75 Å². The van der Waals surface area contributed by atoms with Gasteiger partial charge in [0.1, 0.15) is 0 Å². The second-order valence-corrected chi connectivity index (χ2v) is 8.15. The summed E-state index contributed by atoms with van der Waals surface area (Å²) in [6.45, 7) is 3.18. The summed E-state index contributed by atoms with van der Waals surface area (Å²) in [5.74, 6) is 0.478. The lowest BCUT2D eigenvalue weighted by Crippen LogP contribution is -2.58. The highest BCUT2D eigenvalue weighted by molar-refractivity contribution is 7.91. The smallest absolute Gasteiger partial charge is 0.152 e. The molecule has 0 aliphatic carbocycles. The van der Waals surface area contributed by atoms with Crippen LogP contribution < -0.4 is 5.73 Å². The molecule has 1 atom stereocenters. The molecule has 0 amide bonds. The molecule has 1 aliphatic rings. The van der Waals surface area contributed by atoms with Crippen molar-refractivity contribution in [3.8, 4) is 0 Å². The molecule has 0 bridgehead atoms. The first kappa shape index (κ1) is 15.5. The fourth-order valence-electron chi connectivity index (χ4n) is 3.04. The third-order valence-corrected chi connectivity index (χ3v) is 6.17. The number of benzene rings is 1. The van der Waals surface area contributed by atoms with Gasteiger partial charge in [-0.3, -0.25) is 4.90 Å². The summed E-state index contributed by atoms with van der Waals surface area (Å²) in [5.41, 5.74) is 7.94. The lowest BCUT2D eigenvalue weighted by Gasteiger charge is -2.43. The van der Waals surface area contributed by atoms with E-state index in [2.05, 4.69) is 30.0 Å². The van der Waals surface area contributed by atoms with Gasteiger partial charge in [0.25, 0.3) is 0 Å². The largest absolute Gasteiger partial charge is 0.329 e. The molecule has 1 unspecified atom stereocenters. The number of likely N-dealkylation sites (N-methyl/N-ethyl adjacent to an activating group) is 1. The molecule has 2 rings (SSSR count). The van der Waals surface area contributed by atoms with Gasteiger partial charge in [-0.2, -0.15) is 0 Å². The van der Waals surface area contributed by atoms with Crippen molar-refractivity contribution in [2.24, 2.45) is 5.73 Å². The number of hydrogen-bond acceptors (Lipinski definition) is 4. The SMILES string of the molecule is Cc1cccc(CN(C)C2(CN)CCCS(=O)(=O)C2)c1. The van der Waals surface area contributed by atoms with Gasteiger partial charge in [0, 0.05) is 18.6 Å². The van der Waals surface area contributed by atoms with Gasteiger partial charge in [-0.05, 0) is 32.4 Å².